The van der Waals surface area contributed by atoms with Gasteiger partial charge in [0.25, 0.3) is 0 Å². The van der Waals surface area contributed by atoms with Crippen LogP contribution in [0.2, 0.25) is 0 Å². The largest absolute Gasteiger partial charge is 0.335 e. The van der Waals surface area contributed by atoms with Crippen LogP contribution >= 0.6 is 0 Å². The Morgan fingerprint density at radius 3 is 2.88 bits per heavy atom. The fourth-order valence-electron chi connectivity index (χ4n) is 4.58. The molecule has 3 heterocycles. The first-order chi connectivity index (χ1) is 12.6. The normalized spacial score (nSPS) is 25.7. The molecule has 1 aromatic heterocycles. The van der Waals surface area contributed by atoms with E-state index < -0.39 is 0 Å². The van der Waals surface area contributed by atoms with Gasteiger partial charge in [-0.05, 0) is 30.5 Å². The van der Waals surface area contributed by atoms with Crippen LogP contribution in [0, 0.1) is 17.7 Å². The zero-order valence-electron chi connectivity index (χ0n) is 15.2. The molecule has 1 aromatic carbocycles. The van der Waals surface area contributed by atoms with Crippen molar-refractivity contribution < 1.29 is 9.18 Å². The molecule has 2 aromatic rings. The maximum absolute atomic E-state index is 13.8. The average molecular weight is 357 g/mol. The van der Waals surface area contributed by atoms with E-state index in [2.05, 4.69) is 21.9 Å². The van der Waals surface area contributed by atoms with Gasteiger partial charge in [-0.1, -0.05) is 12.1 Å². The van der Waals surface area contributed by atoms with Gasteiger partial charge >= 0.3 is 0 Å². The lowest BCUT2D eigenvalue weighted by Crippen LogP contribution is -2.34. The zero-order valence-corrected chi connectivity index (χ0v) is 15.2. The quantitative estimate of drug-likeness (QED) is 0.841. The van der Waals surface area contributed by atoms with Crippen molar-refractivity contribution in [2.45, 2.75) is 33.0 Å². The molecule has 1 amide bonds. The number of rotatable bonds is 4. The van der Waals surface area contributed by atoms with Crippen molar-refractivity contribution in [2.75, 3.05) is 19.6 Å². The van der Waals surface area contributed by atoms with Gasteiger partial charge in [-0.3, -0.25) is 9.69 Å². The second-order valence-electron chi connectivity index (χ2n) is 7.28. The molecule has 0 radical (unpaired) electrons. The van der Waals surface area contributed by atoms with Crippen molar-refractivity contribution in [3.8, 4) is 0 Å². The maximum atomic E-state index is 13.8. The summed E-state index contributed by atoms with van der Waals surface area (Å²) >= 11 is 0. The third-order valence-corrected chi connectivity index (χ3v) is 5.69. The molecule has 7 heteroatoms. The summed E-state index contributed by atoms with van der Waals surface area (Å²) in [6, 6.07) is 6.63. The standard InChI is InChI=1S/C19H24FN5O/c1-3-25-18(21-12-22-25)11-23-8-15-9-24(13(2)26)19(17(15)10-23)14-5-4-6-16(20)7-14/h4-7,12,15,17,19H,3,8-11H2,1-2H3/t15-,17-,19-/m1/s1. The minimum atomic E-state index is -0.250. The summed E-state index contributed by atoms with van der Waals surface area (Å²) in [7, 11) is 0. The first-order valence-electron chi connectivity index (χ1n) is 9.18. The molecule has 138 valence electrons. The number of hydrogen-bond donors (Lipinski definition) is 0. The van der Waals surface area contributed by atoms with Crippen molar-refractivity contribution >= 4 is 5.91 Å². The summed E-state index contributed by atoms with van der Waals surface area (Å²) in [5.41, 5.74) is 0.895. The third kappa shape index (κ3) is 3.00. The maximum Gasteiger partial charge on any atom is 0.219 e. The van der Waals surface area contributed by atoms with Crippen LogP contribution in [0.15, 0.2) is 30.6 Å². The molecule has 2 saturated heterocycles. The van der Waals surface area contributed by atoms with Gasteiger partial charge in [-0.2, -0.15) is 5.10 Å². The number of aryl methyl sites for hydroxylation is 1. The van der Waals surface area contributed by atoms with E-state index >= 15 is 0 Å². The van der Waals surface area contributed by atoms with Crippen LogP contribution in [0.1, 0.15) is 31.3 Å². The molecule has 2 aliphatic heterocycles. The summed E-state index contributed by atoms with van der Waals surface area (Å²) in [5.74, 6) is 1.51. The molecule has 0 spiro atoms. The lowest BCUT2D eigenvalue weighted by molar-refractivity contribution is -0.130. The van der Waals surface area contributed by atoms with Crippen LogP contribution in [-0.4, -0.2) is 50.1 Å². The van der Waals surface area contributed by atoms with Gasteiger partial charge in [0.1, 0.15) is 18.0 Å². The van der Waals surface area contributed by atoms with Crippen molar-refractivity contribution in [1.29, 1.82) is 0 Å². The molecular formula is C19H24FN5O. The predicted octanol–water partition coefficient (Wildman–Crippen LogP) is 2.09. The van der Waals surface area contributed by atoms with Crippen LogP contribution in [0.25, 0.3) is 0 Å². The highest BCUT2D eigenvalue weighted by Gasteiger charge is 2.48. The van der Waals surface area contributed by atoms with E-state index in [1.165, 1.54) is 6.07 Å². The topological polar surface area (TPSA) is 54.3 Å². The number of benzene rings is 1. The number of aromatic nitrogens is 3. The number of hydrogen-bond acceptors (Lipinski definition) is 4. The van der Waals surface area contributed by atoms with Gasteiger partial charge in [0.05, 0.1) is 12.6 Å². The second-order valence-corrected chi connectivity index (χ2v) is 7.28. The Balaban J connectivity index is 1.55. The van der Waals surface area contributed by atoms with Gasteiger partial charge in [0.15, 0.2) is 0 Å². The lowest BCUT2D eigenvalue weighted by atomic mass is 9.89. The highest BCUT2D eigenvalue weighted by molar-refractivity contribution is 5.74. The summed E-state index contributed by atoms with van der Waals surface area (Å²) < 4.78 is 15.7. The van der Waals surface area contributed by atoms with Gasteiger partial charge in [0, 0.05) is 39.0 Å². The number of likely N-dealkylation sites (tertiary alicyclic amines) is 2. The van der Waals surface area contributed by atoms with E-state index in [9.17, 15) is 9.18 Å². The van der Waals surface area contributed by atoms with Crippen molar-refractivity contribution in [3.05, 3.63) is 47.8 Å². The van der Waals surface area contributed by atoms with E-state index in [0.717, 1.165) is 44.1 Å². The lowest BCUT2D eigenvalue weighted by Gasteiger charge is -2.29. The molecular weight excluding hydrogens is 333 g/mol. The molecule has 2 fully saturated rings. The summed E-state index contributed by atoms with van der Waals surface area (Å²) in [5, 5.41) is 4.24. The Kier molecular flexibility index (Phi) is 4.48. The van der Waals surface area contributed by atoms with E-state index in [0.29, 0.717) is 11.8 Å². The van der Waals surface area contributed by atoms with E-state index in [-0.39, 0.29) is 17.8 Å². The summed E-state index contributed by atoms with van der Waals surface area (Å²) in [6.45, 7) is 7.77. The van der Waals surface area contributed by atoms with Gasteiger partial charge in [-0.25, -0.2) is 14.1 Å². The van der Waals surface area contributed by atoms with Crippen molar-refractivity contribution in [1.82, 2.24) is 24.6 Å². The van der Waals surface area contributed by atoms with Gasteiger partial charge in [-0.15, -0.1) is 0 Å². The number of carbonyl (C=O) groups is 1. The number of carbonyl (C=O) groups excluding carboxylic acids is 1. The smallest absolute Gasteiger partial charge is 0.219 e. The number of halogens is 1. The van der Waals surface area contributed by atoms with Gasteiger partial charge in [0.2, 0.25) is 5.91 Å². The Morgan fingerprint density at radius 1 is 1.31 bits per heavy atom. The van der Waals surface area contributed by atoms with Crippen molar-refractivity contribution in [2.24, 2.45) is 11.8 Å². The SMILES string of the molecule is CCn1ncnc1CN1C[C@@H]2CN(C(C)=O)[C@H](c3cccc(F)c3)[C@@H]2C1. The molecule has 26 heavy (non-hydrogen) atoms. The summed E-state index contributed by atoms with van der Waals surface area (Å²) in [4.78, 5) is 20.8. The Bertz CT molecular complexity index is 807. The highest BCUT2D eigenvalue weighted by Crippen LogP contribution is 2.45. The highest BCUT2D eigenvalue weighted by atomic mass is 19.1. The van der Waals surface area contributed by atoms with Crippen LogP contribution in [0.5, 0.6) is 0 Å². The minimum absolute atomic E-state index is 0.0535. The minimum Gasteiger partial charge on any atom is -0.335 e. The molecule has 0 unspecified atom stereocenters. The molecule has 3 atom stereocenters. The van der Waals surface area contributed by atoms with Gasteiger partial charge < -0.3 is 4.90 Å². The molecule has 2 aliphatic rings. The van der Waals surface area contributed by atoms with E-state index in [1.807, 2.05) is 15.6 Å². The van der Waals surface area contributed by atoms with Crippen LogP contribution < -0.4 is 0 Å². The molecule has 0 N–H and O–H groups in total. The first-order valence-corrected chi connectivity index (χ1v) is 9.18. The molecule has 6 nitrogen and oxygen atoms in total. The molecule has 0 saturated carbocycles. The van der Waals surface area contributed by atoms with E-state index in [1.54, 1.807) is 25.4 Å². The second kappa shape index (κ2) is 6.79. The fraction of sp³-hybridized carbons (Fsp3) is 0.526. The third-order valence-electron chi connectivity index (χ3n) is 5.69. The fourth-order valence-corrected chi connectivity index (χ4v) is 4.58. The Labute approximate surface area is 152 Å². The monoisotopic (exact) mass is 357 g/mol. The molecule has 0 bridgehead atoms. The Morgan fingerprint density at radius 2 is 2.15 bits per heavy atom. The summed E-state index contributed by atoms with van der Waals surface area (Å²) in [6.07, 6.45) is 1.60. The predicted molar refractivity (Wildman–Crippen MR) is 94.5 cm³/mol. The van der Waals surface area contributed by atoms with Crippen LogP contribution in [0.4, 0.5) is 4.39 Å². The number of fused-ring (bicyclic) bond motifs is 1. The van der Waals surface area contributed by atoms with Crippen molar-refractivity contribution in [3.63, 3.8) is 0 Å². The average Bonchev–Trinajstić information content (AvgIpc) is 3.28. The number of amides is 1. The van der Waals surface area contributed by atoms with E-state index in [4.69, 9.17) is 0 Å². The first kappa shape index (κ1) is 17.1. The molecule has 4 rings (SSSR count). The van der Waals surface area contributed by atoms with Crippen LogP contribution in [-0.2, 0) is 17.9 Å². The van der Waals surface area contributed by atoms with Crippen LogP contribution in [0.3, 0.4) is 0 Å². The zero-order chi connectivity index (χ0) is 18.3. The number of nitrogens with zero attached hydrogens (tertiary/aromatic N) is 5. The Hall–Kier alpha value is -2.28. The molecule has 0 aliphatic carbocycles.